The molecule has 4 rings (SSSR count). The Morgan fingerprint density at radius 1 is 1.12 bits per heavy atom. The zero-order valence-electron chi connectivity index (χ0n) is 19.9. The molecule has 182 valence electrons. The van der Waals surface area contributed by atoms with Crippen molar-refractivity contribution in [2.75, 3.05) is 26.2 Å². The van der Waals surface area contributed by atoms with E-state index in [4.69, 9.17) is 10.2 Å². The Kier molecular flexibility index (Phi) is 6.30. The van der Waals surface area contributed by atoms with Crippen molar-refractivity contribution >= 4 is 32.8 Å². The summed E-state index contributed by atoms with van der Waals surface area (Å²) in [6, 6.07) is 5.40. The van der Waals surface area contributed by atoms with Gasteiger partial charge in [-0.2, -0.15) is 4.31 Å². The fourth-order valence-corrected chi connectivity index (χ4v) is 6.02. The minimum absolute atomic E-state index is 0.0182. The van der Waals surface area contributed by atoms with Crippen molar-refractivity contribution in [2.45, 2.75) is 38.0 Å². The molecule has 1 fully saturated rings. The van der Waals surface area contributed by atoms with Crippen molar-refractivity contribution in [2.24, 2.45) is 12.8 Å². The molecule has 9 nitrogen and oxygen atoms in total. The highest BCUT2D eigenvalue weighted by Crippen LogP contribution is 2.29. The number of piperazine rings is 1. The van der Waals surface area contributed by atoms with Gasteiger partial charge in [-0.05, 0) is 42.2 Å². The Morgan fingerprint density at radius 3 is 2.38 bits per heavy atom. The molecule has 1 saturated heterocycles. The molecule has 0 bridgehead atoms. The van der Waals surface area contributed by atoms with Gasteiger partial charge in [0.25, 0.3) is 5.91 Å². The number of rotatable bonds is 6. The molecule has 2 N–H and O–H groups in total. The molecular formula is C24H30N4O5S. The predicted octanol–water partition coefficient (Wildman–Crippen LogP) is 2.38. The smallest absolute Gasteiger partial charge is 0.265 e. The van der Waals surface area contributed by atoms with E-state index >= 15 is 0 Å². The Balaban J connectivity index is 1.45. The number of aromatic nitrogens is 1. The van der Waals surface area contributed by atoms with E-state index in [1.807, 2.05) is 6.07 Å². The first-order chi connectivity index (χ1) is 16.0. The molecule has 10 heteroatoms. The lowest BCUT2D eigenvalue weighted by molar-refractivity contribution is -0.131. The summed E-state index contributed by atoms with van der Waals surface area (Å²) >= 11 is 0. The normalized spacial score (nSPS) is 15.4. The van der Waals surface area contributed by atoms with Gasteiger partial charge in [0.2, 0.25) is 15.9 Å². The lowest BCUT2D eigenvalue weighted by Crippen LogP contribution is -2.50. The summed E-state index contributed by atoms with van der Waals surface area (Å²) in [4.78, 5) is 26.2. The molecule has 0 atom stereocenters. The number of amides is 2. The van der Waals surface area contributed by atoms with Gasteiger partial charge >= 0.3 is 0 Å². The predicted molar refractivity (Wildman–Crippen MR) is 128 cm³/mol. The number of hydrogen-bond acceptors (Lipinski definition) is 5. The zero-order valence-corrected chi connectivity index (χ0v) is 20.7. The second-order valence-electron chi connectivity index (χ2n) is 9.12. The number of aryl methyl sites for hydroxylation is 2. The second-order valence-corrected chi connectivity index (χ2v) is 11.1. The van der Waals surface area contributed by atoms with Crippen LogP contribution >= 0.6 is 0 Å². The van der Waals surface area contributed by atoms with Gasteiger partial charge in [0.1, 0.15) is 16.2 Å². The summed E-state index contributed by atoms with van der Waals surface area (Å²) < 4.78 is 34.5. The highest BCUT2D eigenvalue weighted by molar-refractivity contribution is 7.89. The van der Waals surface area contributed by atoms with Crippen LogP contribution in [0.5, 0.6) is 0 Å². The highest BCUT2D eigenvalue weighted by atomic mass is 32.2. The molecule has 0 saturated carbocycles. The number of carbonyl (C=O) groups excluding carboxylic acids is 2. The van der Waals surface area contributed by atoms with Gasteiger partial charge in [0.05, 0.1) is 12.7 Å². The van der Waals surface area contributed by atoms with Gasteiger partial charge in [0, 0.05) is 50.4 Å². The number of nitrogens with zero attached hydrogens (tertiary/aromatic N) is 3. The first-order valence-electron chi connectivity index (χ1n) is 11.2. The van der Waals surface area contributed by atoms with E-state index in [1.165, 1.54) is 26.7 Å². The van der Waals surface area contributed by atoms with Crippen LogP contribution in [-0.2, 0) is 28.3 Å². The summed E-state index contributed by atoms with van der Waals surface area (Å²) in [6.07, 6.45) is 3.21. The Labute approximate surface area is 199 Å². The molecular weight excluding hydrogens is 456 g/mol. The molecule has 3 heterocycles. The Hall–Kier alpha value is -3.11. The number of furan rings is 1. The van der Waals surface area contributed by atoms with Crippen LogP contribution in [0.25, 0.3) is 11.0 Å². The van der Waals surface area contributed by atoms with E-state index in [2.05, 4.69) is 26.8 Å². The molecule has 2 amide bonds. The lowest BCUT2D eigenvalue weighted by Gasteiger charge is -2.33. The summed E-state index contributed by atoms with van der Waals surface area (Å²) in [5, 5.41) is 0.943. The molecule has 0 unspecified atom stereocenters. The molecule has 0 aliphatic carbocycles. The van der Waals surface area contributed by atoms with Gasteiger partial charge in [0.15, 0.2) is 0 Å². The maximum Gasteiger partial charge on any atom is 0.265 e. The van der Waals surface area contributed by atoms with Crippen molar-refractivity contribution < 1.29 is 22.4 Å². The van der Waals surface area contributed by atoms with Crippen LogP contribution in [0.2, 0.25) is 0 Å². The molecule has 34 heavy (non-hydrogen) atoms. The summed E-state index contributed by atoms with van der Waals surface area (Å²) in [7, 11) is -2.22. The Bertz CT molecular complexity index is 1360. The summed E-state index contributed by atoms with van der Waals surface area (Å²) in [6.45, 7) is 7.27. The third-order valence-corrected chi connectivity index (χ3v) is 8.33. The van der Waals surface area contributed by atoms with Gasteiger partial charge < -0.3 is 19.6 Å². The topological polar surface area (TPSA) is 119 Å². The van der Waals surface area contributed by atoms with Crippen LogP contribution in [0.15, 0.2) is 40.0 Å². The number of fused-ring (bicyclic) bond motifs is 1. The van der Waals surface area contributed by atoms with Crippen LogP contribution in [0.4, 0.5) is 0 Å². The molecule has 1 aliphatic rings. The van der Waals surface area contributed by atoms with E-state index in [-0.39, 0.29) is 36.0 Å². The van der Waals surface area contributed by atoms with Gasteiger partial charge in [-0.3, -0.25) is 9.59 Å². The standard InChI is InChI=1S/C24H30N4O5S/c1-15(2)19-12-20-17(14-33-22(20)9-16(19)3)10-23(29)27-5-7-28(8-6-27)34(31,32)18-11-21(24(25)30)26(4)13-18/h9,11-15H,5-8,10H2,1-4H3,(H2,25,30). The average molecular weight is 487 g/mol. The average Bonchev–Trinajstić information content (AvgIpc) is 3.36. The maximum absolute atomic E-state index is 13.0. The lowest BCUT2D eigenvalue weighted by atomic mass is 9.95. The van der Waals surface area contributed by atoms with Crippen LogP contribution in [-0.4, -0.2) is 60.2 Å². The number of sulfonamides is 1. The molecule has 1 aliphatic heterocycles. The number of benzene rings is 1. The van der Waals surface area contributed by atoms with Crippen LogP contribution < -0.4 is 5.73 Å². The fraction of sp³-hybridized carbons (Fsp3) is 0.417. The largest absolute Gasteiger partial charge is 0.464 e. The molecule has 2 aromatic heterocycles. The minimum Gasteiger partial charge on any atom is -0.464 e. The number of nitrogens with two attached hydrogens (primary N) is 1. The van der Waals surface area contributed by atoms with Gasteiger partial charge in [-0.15, -0.1) is 0 Å². The van der Waals surface area contributed by atoms with Crippen molar-refractivity contribution in [3.8, 4) is 0 Å². The Morgan fingerprint density at radius 2 is 1.79 bits per heavy atom. The quantitative estimate of drug-likeness (QED) is 0.574. The van der Waals surface area contributed by atoms with Crippen LogP contribution in [0.3, 0.4) is 0 Å². The van der Waals surface area contributed by atoms with E-state index in [0.29, 0.717) is 19.0 Å². The van der Waals surface area contributed by atoms with Gasteiger partial charge in [-0.1, -0.05) is 13.8 Å². The van der Waals surface area contributed by atoms with E-state index in [9.17, 15) is 18.0 Å². The van der Waals surface area contributed by atoms with E-state index in [0.717, 1.165) is 22.1 Å². The number of hydrogen-bond donors (Lipinski definition) is 1. The third-order valence-electron chi connectivity index (χ3n) is 6.47. The number of primary amides is 1. The van der Waals surface area contributed by atoms with E-state index < -0.39 is 15.9 Å². The van der Waals surface area contributed by atoms with Crippen LogP contribution in [0, 0.1) is 6.92 Å². The number of carbonyl (C=O) groups is 2. The third kappa shape index (κ3) is 4.35. The zero-order chi connectivity index (χ0) is 24.8. The molecule has 1 aromatic carbocycles. The fourth-order valence-electron chi connectivity index (χ4n) is 4.53. The maximum atomic E-state index is 13.0. The SMILES string of the molecule is Cc1cc2occ(CC(=O)N3CCN(S(=O)(=O)c4cc(C(N)=O)n(C)c4)CC3)c2cc1C(C)C. The van der Waals surface area contributed by atoms with E-state index in [1.54, 1.807) is 18.2 Å². The van der Waals surface area contributed by atoms with Crippen molar-refractivity contribution in [1.29, 1.82) is 0 Å². The summed E-state index contributed by atoms with van der Waals surface area (Å²) in [5.74, 6) is -0.398. The first kappa shape index (κ1) is 24.0. The monoisotopic (exact) mass is 486 g/mol. The van der Waals surface area contributed by atoms with Crippen molar-refractivity contribution in [1.82, 2.24) is 13.8 Å². The molecule has 0 spiro atoms. The van der Waals surface area contributed by atoms with Crippen LogP contribution in [0.1, 0.15) is 46.9 Å². The van der Waals surface area contributed by atoms with Gasteiger partial charge in [-0.25, -0.2) is 8.42 Å². The first-order valence-corrected chi connectivity index (χ1v) is 12.7. The second kappa shape index (κ2) is 8.92. The summed E-state index contributed by atoms with van der Waals surface area (Å²) in [5.41, 5.74) is 9.40. The minimum atomic E-state index is -3.79. The highest BCUT2D eigenvalue weighted by Gasteiger charge is 2.32. The van der Waals surface area contributed by atoms with Crippen molar-refractivity contribution in [3.63, 3.8) is 0 Å². The van der Waals surface area contributed by atoms with Crippen molar-refractivity contribution in [3.05, 3.63) is 53.0 Å². The molecule has 3 aromatic rings. The molecule has 0 radical (unpaired) electrons.